The van der Waals surface area contributed by atoms with Crippen LogP contribution in [0.2, 0.25) is 0 Å². The molecule has 0 radical (unpaired) electrons. The summed E-state index contributed by atoms with van der Waals surface area (Å²) in [4.78, 5) is 23.5. The minimum atomic E-state index is -1.29. The summed E-state index contributed by atoms with van der Waals surface area (Å²) in [6.07, 6.45) is 1.58. The Bertz CT molecular complexity index is 504. The van der Waals surface area contributed by atoms with Crippen molar-refractivity contribution < 1.29 is 14.7 Å². The first kappa shape index (κ1) is 10.8. The van der Waals surface area contributed by atoms with Gasteiger partial charge in [0.15, 0.2) is 0 Å². The van der Waals surface area contributed by atoms with Crippen molar-refractivity contribution in [3.63, 3.8) is 0 Å². The van der Waals surface area contributed by atoms with Crippen LogP contribution in [-0.4, -0.2) is 22.3 Å². The second-order valence-electron chi connectivity index (χ2n) is 4.36. The van der Waals surface area contributed by atoms with E-state index < -0.39 is 17.2 Å². The molecule has 0 aliphatic heterocycles. The highest BCUT2D eigenvalue weighted by molar-refractivity contribution is 6.52. The summed E-state index contributed by atoms with van der Waals surface area (Å²) < 4.78 is 0. The number of carbonyl (C=O) groups is 2. The molecule has 3 heteroatoms. The van der Waals surface area contributed by atoms with Crippen molar-refractivity contribution in [2.75, 3.05) is 0 Å². The maximum atomic E-state index is 11.8. The lowest BCUT2D eigenvalue weighted by molar-refractivity contribution is -0.113. The van der Waals surface area contributed by atoms with E-state index >= 15 is 0 Å². The summed E-state index contributed by atoms with van der Waals surface area (Å²) in [6.45, 7) is 3.00. The minimum Gasteiger partial charge on any atom is -0.386 e. The third-order valence-corrected chi connectivity index (χ3v) is 2.62. The summed E-state index contributed by atoms with van der Waals surface area (Å²) in [6, 6.07) is 6.88. The van der Waals surface area contributed by atoms with Gasteiger partial charge in [-0.15, -0.1) is 0 Å². The molecule has 82 valence electrons. The molecule has 0 bridgehead atoms. The summed E-state index contributed by atoms with van der Waals surface area (Å²) in [5.41, 5.74) is -0.0544. The number of hydrogen-bond donors (Lipinski definition) is 1. The van der Waals surface area contributed by atoms with E-state index in [9.17, 15) is 14.7 Å². The Labute approximate surface area is 93.4 Å². The summed E-state index contributed by atoms with van der Waals surface area (Å²) in [5, 5.41) is 9.81. The molecular weight excluding hydrogens is 204 g/mol. The van der Waals surface area contributed by atoms with Gasteiger partial charge in [0.05, 0.1) is 5.60 Å². The van der Waals surface area contributed by atoms with E-state index in [-0.39, 0.29) is 5.57 Å². The molecule has 0 saturated heterocycles. The van der Waals surface area contributed by atoms with Crippen LogP contribution < -0.4 is 0 Å². The summed E-state index contributed by atoms with van der Waals surface area (Å²) in [7, 11) is 0. The van der Waals surface area contributed by atoms with Gasteiger partial charge in [0, 0.05) is 11.1 Å². The van der Waals surface area contributed by atoms with E-state index in [1.54, 1.807) is 30.3 Å². The lowest BCUT2D eigenvalue weighted by Crippen LogP contribution is -2.34. The average molecular weight is 216 g/mol. The maximum absolute atomic E-state index is 11.8. The molecule has 0 amide bonds. The molecule has 1 N–H and O–H groups in total. The van der Waals surface area contributed by atoms with Gasteiger partial charge in [0.2, 0.25) is 11.6 Å². The quantitative estimate of drug-likeness (QED) is 0.725. The zero-order valence-corrected chi connectivity index (χ0v) is 9.15. The standard InChI is InChI=1S/C13H12O3/c1-13(2,16)10-7-8-5-3-4-6-9(8)11(14)12(10)15/h3-7,16H,1-2H3. The molecule has 1 aromatic rings. The molecular formula is C13H12O3. The zero-order chi connectivity index (χ0) is 11.9. The fourth-order valence-corrected chi connectivity index (χ4v) is 1.75. The minimum absolute atomic E-state index is 0.149. The van der Waals surface area contributed by atoms with Gasteiger partial charge in [-0.2, -0.15) is 0 Å². The zero-order valence-electron chi connectivity index (χ0n) is 9.15. The van der Waals surface area contributed by atoms with Crippen molar-refractivity contribution in [3.05, 3.63) is 41.0 Å². The molecule has 16 heavy (non-hydrogen) atoms. The van der Waals surface area contributed by atoms with Crippen LogP contribution >= 0.6 is 0 Å². The number of ketones is 2. The van der Waals surface area contributed by atoms with Crippen molar-refractivity contribution >= 4 is 17.6 Å². The smallest absolute Gasteiger partial charge is 0.233 e. The van der Waals surface area contributed by atoms with Gasteiger partial charge in [0.25, 0.3) is 0 Å². The maximum Gasteiger partial charge on any atom is 0.233 e. The molecule has 0 saturated carbocycles. The molecule has 0 spiro atoms. The largest absolute Gasteiger partial charge is 0.386 e. The van der Waals surface area contributed by atoms with E-state index in [2.05, 4.69) is 0 Å². The number of carbonyl (C=O) groups excluding carboxylic acids is 2. The molecule has 0 atom stereocenters. The van der Waals surface area contributed by atoms with Crippen molar-refractivity contribution in [1.29, 1.82) is 0 Å². The monoisotopic (exact) mass is 216 g/mol. The van der Waals surface area contributed by atoms with Gasteiger partial charge in [0.1, 0.15) is 0 Å². The molecule has 2 rings (SSSR count). The molecule has 1 aromatic carbocycles. The third kappa shape index (κ3) is 1.59. The van der Waals surface area contributed by atoms with Crippen LogP contribution in [0.15, 0.2) is 29.8 Å². The lowest BCUT2D eigenvalue weighted by atomic mass is 9.83. The van der Waals surface area contributed by atoms with Crippen LogP contribution in [0.1, 0.15) is 29.8 Å². The topological polar surface area (TPSA) is 54.4 Å². The summed E-state index contributed by atoms with van der Waals surface area (Å²) in [5.74, 6) is -1.17. The van der Waals surface area contributed by atoms with Gasteiger partial charge in [-0.25, -0.2) is 0 Å². The molecule has 0 unspecified atom stereocenters. The highest BCUT2D eigenvalue weighted by atomic mass is 16.3. The highest BCUT2D eigenvalue weighted by Gasteiger charge is 2.34. The molecule has 0 aromatic heterocycles. The van der Waals surface area contributed by atoms with E-state index in [1.165, 1.54) is 13.8 Å². The number of rotatable bonds is 1. The average Bonchev–Trinajstić information content (AvgIpc) is 2.22. The number of Topliss-reactive ketones (excluding diaryl/α,β-unsaturated/α-hetero) is 2. The Balaban J connectivity index is 2.65. The van der Waals surface area contributed by atoms with Crippen molar-refractivity contribution in [2.45, 2.75) is 19.4 Å². The summed E-state index contributed by atoms with van der Waals surface area (Å²) >= 11 is 0. The predicted molar refractivity (Wildman–Crippen MR) is 60.1 cm³/mol. The fourth-order valence-electron chi connectivity index (χ4n) is 1.75. The third-order valence-electron chi connectivity index (χ3n) is 2.62. The van der Waals surface area contributed by atoms with Gasteiger partial charge < -0.3 is 5.11 Å². The molecule has 1 aliphatic rings. The van der Waals surface area contributed by atoms with Crippen LogP contribution in [0, 0.1) is 0 Å². The second kappa shape index (κ2) is 3.39. The number of hydrogen-bond acceptors (Lipinski definition) is 3. The highest BCUT2D eigenvalue weighted by Crippen LogP contribution is 2.27. The number of aliphatic hydroxyl groups is 1. The van der Waals surface area contributed by atoms with Gasteiger partial charge in [-0.05, 0) is 25.5 Å². The SMILES string of the molecule is CC(C)(O)C1=Cc2ccccc2C(=O)C1=O. The van der Waals surface area contributed by atoms with Crippen LogP contribution in [0.3, 0.4) is 0 Å². The first-order chi connectivity index (χ1) is 7.41. The number of benzene rings is 1. The Kier molecular flexibility index (Phi) is 2.28. The van der Waals surface area contributed by atoms with E-state index in [1.807, 2.05) is 0 Å². The Hall–Kier alpha value is -1.74. The van der Waals surface area contributed by atoms with E-state index in [0.717, 1.165) is 0 Å². The van der Waals surface area contributed by atoms with Crippen molar-refractivity contribution in [3.8, 4) is 0 Å². The Morgan fingerprint density at radius 3 is 2.31 bits per heavy atom. The normalized spacial score (nSPS) is 15.8. The number of fused-ring (bicyclic) bond motifs is 1. The molecule has 1 aliphatic carbocycles. The van der Waals surface area contributed by atoms with Gasteiger partial charge in [-0.1, -0.05) is 24.3 Å². The molecule has 3 nitrogen and oxygen atoms in total. The molecule has 0 fully saturated rings. The Morgan fingerprint density at radius 1 is 1.06 bits per heavy atom. The second-order valence-corrected chi connectivity index (χ2v) is 4.36. The Morgan fingerprint density at radius 2 is 1.69 bits per heavy atom. The predicted octanol–water partition coefficient (Wildman–Crippen LogP) is 1.61. The van der Waals surface area contributed by atoms with Crippen LogP contribution in [0.4, 0.5) is 0 Å². The fraction of sp³-hybridized carbons (Fsp3) is 0.231. The van der Waals surface area contributed by atoms with Crippen LogP contribution in [-0.2, 0) is 4.79 Å². The van der Waals surface area contributed by atoms with Crippen LogP contribution in [0.5, 0.6) is 0 Å². The van der Waals surface area contributed by atoms with Crippen LogP contribution in [0.25, 0.3) is 6.08 Å². The van der Waals surface area contributed by atoms with Crippen molar-refractivity contribution in [1.82, 2.24) is 0 Å². The first-order valence-corrected chi connectivity index (χ1v) is 5.04. The van der Waals surface area contributed by atoms with E-state index in [0.29, 0.717) is 11.1 Å². The molecule has 0 heterocycles. The van der Waals surface area contributed by atoms with Crippen molar-refractivity contribution in [2.24, 2.45) is 0 Å². The van der Waals surface area contributed by atoms with Gasteiger partial charge in [-0.3, -0.25) is 9.59 Å². The lowest BCUT2D eigenvalue weighted by Gasteiger charge is -2.23. The van der Waals surface area contributed by atoms with E-state index in [4.69, 9.17) is 0 Å². The van der Waals surface area contributed by atoms with Gasteiger partial charge >= 0.3 is 0 Å². The first-order valence-electron chi connectivity index (χ1n) is 5.04.